The zero-order chi connectivity index (χ0) is 44.2. The molecule has 0 aromatic heterocycles. The summed E-state index contributed by atoms with van der Waals surface area (Å²) in [5.74, 6) is 0.801. The van der Waals surface area contributed by atoms with Gasteiger partial charge in [0.05, 0.1) is 6.61 Å². The van der Waals surface area contributed by atoms with E-state index in [1.165, 1.54) is 89.9 Å². The Morgan fingerprint density at radius 1 is 0.483 bits per heavy atom. The fourth-order valence-corrected chi connectivity index (χ4v) is 7.15. The van der Waals surface area contributed by atoms with Crippen LogP contribution in [0.15, 0.2) is 24.3 Å². The Bertz CT molecular complexity index is 1420. The first-order chi connectivity index (χ1) is 26.9. The van der Waals surface area contributed by atoms with Crippen molar-refractivity contribution in [2.24, 2.45) is 0 Å². The second-order valence-corrected chi connectivity index (χ2v) is 20.8. The third-order valence-corrected chi connectivity index (χ3v) is 10.9. The Kier molecular flexibility index (Phi) is 23.4. The van der Waals surface area contributed by atoms with Gasteiger partial charge in [-0.25, -0.2) is 0 Å². The van der Waals surface area contributed by atoms with Gasteiger partial charge in [-0.15, -0.1) is 0 Å². The lowest BCUT2D eigenvalue weighted by molar-refractivity contribution is -0.143. The van der Waals surface area contributed by atoms with Crippen LogP contribution in [0.3, 0.4) is 0 Å². The highest BCUT2D eigenvalue weighted by Gasteiger charge is 2.28. The van der Waals surface area contributed by atoms with Gasteiger partial charge >= 0.3 is 11.9 Å². The van der Waals surface area contributed by atoms with E-state index in [-0.39, 0.29) is 33.6 Å². The molecule has 2 aromatic carbocycles. The van der Waals surface area contributed by atoms with Crippen molar-refractivity contribution < 1.29 is 29.3 Å². The largest absolute Gasteiger partial charge is 0.507 e. The first-order valence-corrected chi connectivity index (χ1v) is 23.0. The SMILES string of the molecule is CCC(=O)Oc1cc(C(C)(C)C)c(O)c(C(C)(C)C)c1.CCCCCCCCCCCCCCCCCCOC(=O)CCc1cc(C(C)(C)C)c(O)c(C(C)(C)C)c1. The van der Waals surface area contributed by atoms with Gasteiger partial charge in [0, 0.05) is 24.0 Å². The highest BCUT2D eigenvalue weighted by Crippen LogP contribution is 2.42. The maximum Gasteiger partial charge on any atom is 0.310 e. The van der Waals surface area contributed by atoms with E-state index >= 15 is 0 Å². The number of aromatic hydroxyl groups is 2. The van der Waals surface area contributed by atoms with Gasteiger partial charge < -0.3 is 19.7 Å². The highest BCUT2D eigenvalue weighted by molar-refractivity contribution is 5.72. The number of unbranched alkanes of at least 4 members (excludes halogenated alkanes) is 15. The van der Waals surface area contributed by atoms with Gasteiger partial charge in [0.15, 0.2) is 0 Å². The van der Waals surface area contributed by atoms with Gasteiger partial charge in [-0.3, -0.25) is 9.59 Å². The predicted molar refractivity (Wildman–Crippen MR) is 246 cm³/mol. The molecule has 6 nitrogen and oxygen atoms in total. The van der Waals surface area contributed by atoms with Crippen LogP contribution in [-0.2, 0) is 42.4 Å². The number of esters is 2. The number of carbonyl (C=O) groups excluding carboxylic acids is 2. The molecule has 0 atom stereocenters. The van der Waals surface area contributed by atoms with Gasteiger partial charge in [-0.2, -0.15) is 0 Å². The molecule has 58 heavy (non-hydrogen) atoms. The van der Waals surface area contributed by atoms with Crippen molar-refractivity contribution >= 4 is 11.9 Å². The number of rotatable bonds is 22. The topological polar surface area (TPSA) is 93.1 Å². The molecule has 6 heteroatoms. The molecule has 0 aliphatic carbocycles. The van der Waals surface area contributed by atoms with Crippen LogP contribution in [0.4, 0.5) is 0 Å². The van der Waals surface area contributed by atoms with Gasteiger partial charge in [-0.1, -0.05) is 205 Å². The van der Waals surface area contributed by atoms with Crippen LogP contribution < -0.4 is 4.74 Å². The van der Waals surface area contributed by atoms with Crippen molar-refractivity contribution in [2.75, 3.05) is 6.61 Å². The number of hydrogen-bond donors (Lipinski definition) is 2. The molecule has 0 bridgehead atoms. The summed E-state index contributed by atoms with van der Waals surface area (Å²) in [6.45, 7) is 29.4. The lowest BCUT2D eigenvalue weighted by Gasteiger charge is -2.28. The summed E-state index contributed by atoms with van der Waals surface area (Å²) >= 11 is 0. The maximum absolute atomic E-state index is 12.3. The number of benzene rings is 2. The molecule has 0 fully saturated rings. The van der Waals surface area contributed by atoms with Crippen LogP contribution in [0.2, 0.25) is 0 Å². The van der Waals surface area contributed by atoms with Crippen LogP contribution in [0.1, 0.15) is 240 Å². The molecule has 0 radical (unpaired) electrons. The smallest absolute Gasteiger partial charge is 0.310 e. The minimum absolute atomic E-state index is 0.117. The summed E-state index contributed by atoms with van der Waals surface area (Å²) < 4.78 is 10.9. The molecular formula is C52H88O6. The van der Waals surface area contributed by atoms with Crippen LogP contribution in [-0.4, -0.2) is 28.8 Å². The summed E-state index contributed by atoms with van der Waals surface area (Å²) in [5, 5.41) is 21.4. The lowest BCUT2D eigenvalue weighted by Crippen LogP contribution is -2.18. The number of hydrogen-bond acceptors (Lipinski definition) is 6. The third kappa shape index (κ3) is 20.8. The number of ether oxygens (including phenoxy) is 2. The monoisotopic (exact) mass is 809 g/mol. The molecule has 2 aromatic rings. The Morgan fingerprint density at radius 3 is 1.14 bits per heavy atom. The van der Waals surface area contributed by atoms with E-state index in [4.69, 9.17) is 9.47 Å². The van der Waals surface area contributed by atoms with Crippen molar-refractivity contribution in [3.05, 3.63) is 52.1 Å². The normalized spacial score (nSPS) is 12.2. The minimum Gasteiger partial charge on any atom is -0.507 e. The number of carbonyl (C=O) groups is 2. The first-order valence-electron chi connectivity index (χ1n) is 23.0. The molecule has 0 saturated heterocycles. The van der Waals surface area contributed by atoms with Crippen LogP contribution in [0.25, 0.3) is 0 Å². The van der Waals surface area contributed by atoms with E-state index in [0.717, 1.165) is 40.7 Å². The van der Waals surface area contributed by atoms with Gasteiger partial charge in [0.25, 0.3) is 0 Å². The quantitative estimate of drug-likeness (QED) is 0.0699. The molecule has 0 heterocycles. The fraction of sp³-hybridized carbons (Fsp3) is 0.731. The van der Waals surface area contributed by atoms with Crippen LogP contribution >= 0.6 is 0 Å². The molecule has 0 unspecified atom stereocenters. The summed E-state index contributed by atoms with van der Waals surface area (Å²) in [4.78, 5) is 23.8. The van der Waals surface area contributed by atoms with E-state index in [1.807, 2.05) is 41.5 Å². The van der Waals surface area contributed by atoms with Gasteiger partial charge in [0.2, 0.25) is 0 Å². The Morgan fingerprint density at radius 2 is 0.810 bits per heavy atom. The summed E-state index contributed by atoms with van der Waals surface area (Å²) in [7, 11) is 0. The average molecular weight is 809 g/mol. The fourth-order valence-electron chi connectivity index (χ4n) is 7.15. The van der Waals surface area contributed by atoms with E-state index < -0.39 is 0 Å². The average Bonchev–Trinajstić information content (AvgIpc) is 3.11. The van der Waals surface area contributed by atoms with Crippen LogP contribution in [0, 0.1) is 0 Å². The number of aryl methyl sites for hydroxylation is 1. The van der Waals surface area contributed by atoms with Crippen molar-refractivity contribution in [3.63, 3.8) is 0 Å². The van der Waals surface area contributed by atoms with Gasteiger partial charge in [-0.05, 0) is 63.3 Å². The minimum atomic E-state index is -0.268. The predicted octanol–water partition coefficient (Wildman–Crippen LogP) is 15.0. The maximum atomic E-state index is 12.3. The zero-order valence-electron chi connectivity index (χ0n) is 40.0. The molecule has 0 spiro atoms. The van der Waals surface area contributed by atoms with E-state index in [1.54, 1.807) is 19.1 Å². The second kappa shape index (κ2) is 25.6. The number of phenolic OH excluding ortho intramolecular Hbond substituents is 2. The van der Waals surface area contributed by atoms with Crippen molar-refractivity contribution in [2.45, 2.75) is 241 Å². The van der Waals surface area contributed by atoms with E-state index in [9.17, 15) is 19.8 Å². The first kappa shape index (κ1) is 53.0. The molecule has 2 N–H and O–H groups in total. The summed E-state index contributed by atoms with van der Waals surface area (Å²) in [6, 6.07) is 7.65. The molecule has 0 saturated carbocycles. The highest BCUT2D eigenvalue weighted by atomic mass is 16.5. The standard InChI is InChI=1S/C35H62O3.C17H26O3/c1-8-9-10-11-12-13-14-15-16-17-18-19-20-21-22-23-26-38-32(36)25-24-29-27-30(34(2,3)4)33(37)31(28-29)35(5,6)7;1-8-14(18)20-11-9-12(16(2,3)4)15(19)13(10-11)17(5,6)7/h27-28,37H,8-26H2,1-7H3;9-10,19H,8H2,1-7H3. The summed E-state index contributed by atoms with van der Waals surface area (Å²) in [5.41, 5.74) is 3.81. The van der Waals surface area contributed by atoms with E-state index in [2.05, 4.69) is 60.6 Å². The molecular weight excluding hydrogens is 721 g/mol. The van der Waals surface area contributed by atoms with Crippen LogP contribution in [0.5, 0.6) is 17.2 Å². The second-order valence-electron chi connectivity index (χ2n) is 20.8. The van der Waals surface area contributed by atoms with Crippen molar-refractivity contribution in [1.29, 1.82) is 0 Å². The molecule has 0 aliphatic rings. The third-order valence-electron chi connectivity index (χ3n) is 10.9. The molecule has 332 valence electrons. The van der Waals surface area contributed by atoms with E-state index in [0.29, 0.717) is 43.1 Å². The molecule has 2 rings (SSSR count). The van der Waals surface area contributed by atoms with Crippen molar-refractivity contribution in [1.82, 2.24) is 0 Å². The van der Waals surface area contributed by atoms with Gasteiger partial charge in [0.1, 0.15) is 17.2 Å². The number of phenols is 2. The zero-order valence-corrected chi connectivity index (χ0v) is 40.0. The lowest BCUT2D eigenvalue weighted by atomic mass is 9.78. The Hall–Kier alpha value is -3.02. The summed E-state index contributed by atoms with van der Waals surface area (Å²) in [6.07, 6.45) is 22.9. The Labute approximate surface area is 356 Å². The van der Waals surface area contributed by atoms with Crippen molar-refractivity contribution in [3.8, 4) is 17.2 Å². The Balaban J connectivity index is 0.000000704. The molecule has 0 aliphatic heterocycles. The molecule has 0 amide bonds.